The molecule has 2 amide bonds. The van der Waals surface area contributed by atoms with Gasteiger partial charge in [-0.25, -0.2) is 0 Å². The molecule has 1 saturated heterocycles. The number of nitrogens with one attached hydrogen (secondary N) is 2. The highest BCUT2D eigenvalue weighted by Crippen LogP contribution is 2.28. The van der Waals surface area contributed by atoms with Gasteiger partial charge >= 0.3 is 0 Å². The molecule has 132 valence electrons. The van der Waals surface area contributed by atoms with Crippen LogP contribution in [0.15, 0.2) is 28.7 Å². The number of hydrogen-bond donors (Lipinski definition) is 3. The van der Waals surface area contributed by atoms with Crippen molar-refractivity contribution in [2.45, 2.75) is 32.4 Å². The highest BCUT2D eigenvalue weighted by Gasteiger charge is 2.25. The van der Waals surface area contributed by atoms with Gasteiger partial charge in [0.25, 0.3) is 0 Å². The van der Waals surface area contributed by atoms with E-state index in [1.165, 1.54) is 0 Å². The van der Waals surface area contributed by atoms with Crippen molar-refractivity contribution in [3.05, 3.63) is 28.7 Å². The summed E-state index contributed by atoms with van der Waals surface area (Å²) in [5.74, 6) is -0.430. The normalized spacial score (nSPS) is 18.5. The second kappa shape index (κ2) is 8.48. The lowest BCUT2D eigenvalue weighted by Gasteiger charge is -2.20. The molecule has 0 saturated carbocycles. The first-order valence-corrected chi connectivity index (χ1v) is 9.00. The fourth-order valence-corrected chi connectivity index (χ4v) is 3.21. The van der Waals surface area contributed by atoms with E-state index in [2.05, 4.69) is 37.5 Å². The molecule has 6 nitrogen and oxygen atoms in total. The van der Waals surface area contributed by atoms with Gasteiger partial charge in [-0.2, -0.15) is 0 Å². The van der Waals surface area contributed by atoms with Crippen molar-refractivity contribution in [1.82, 2.24) is 10.6 Å². The number of halogens is 1. The predicted octanol–water partition coefficient (Wildman–Crippen LogP) is 1.24. The zero-order chi connectivity index (χ0) is 17.7. The largest absolute Gasteiger partial charge is 0.368 e. The summed E-state index contributed by atoms with van der Waals surface area (Å²) < 4.78 is 1.05. The molecule has 0 aliphatic carbocycles. The number of anilines is 1. The maximum Gasteiger partial charge on any atom is 0.239 e. The van der Waals surface area contributed by atoms with Crippen LogP contribution < -0.4 is 21.3 Å². The molecule has 1 unspecified atom stereocenters. The van der Waals surface area contributed by atoms with Crippen LogP contribution in [-0.2, 0) is 9.59 Å². The number of carbonyl (C=O) groups is 2. The summed E-state index contributed by atoms with van der Waals surface area (Å²) in [6.45, 7) is 5.36. The number of benzene rings is 1. The highest BCUT2D eigenvalue weighted by molar-refractivity contribution is 9.10. The average molecular weight is 397 g/mol. The van der Waals surface area contributed by atoms with Crippen LogP contribution in [0.2, 0.25) is 0 Å². The molecule has 0 radical (unpaired) electrons. The number of hydrogen-bond acceptors (Lipinski definition) is 4. The Morgan fingerprint density at radius 2 is 2.08 bits per heavy atom. The Morgan fingerprint density at radius 1 is 1.38 bits per heavy atom. The number of carbonyl (C=O) groups excluding carboxylic acids is 2. The zero-order valence-electron chi connectivity index (χ0n) is 14.1. The van der Waals surface area contributed by atoms with Gasteiger partial charge < -0.3 is 21.3 Å². The van der Waals surface area contributed by atoms with Crippen LogP contribution in [0, 0.1) is 5.92 Å². The van der Waals surface area contributed by atoms with E-state index in [1.54, 1.807) is 0 Å². The molecule has 0 spiro atoms. The molecule has 1 heterocycles. The Kier molecular flexibility index (Phi) is 6.62. The molecule has 0 aromatic heterocycles. The minimum atomic E-state index is -0.588. The van der Waals surface area contributed by atoms with Crippen molar-refractivity contribution >= 4 is 33.4 Å². The molecule has 1 aromatic rings. The molecule has 1 aliphatic heterocycles. The van der Waals surface area contributed by atoms with Crippen molar-refractivity contribution < 1.29 is 9.59 Å². The Bertz CT molecular complexity index is 594. The van der Waals surface area contributed by atoms with Crippen LogP contribution in [-0.4, -0.2) is 43.5 Å². The smallest absolute Gasteiger partial charge is 0.239 e. The van der Waals surface area contributed by atoms with Crippen molar-refractivity contribution in [3.8, 4) is 0 Å². The van der Waals surface area contributed by atoms with Crippen LogP contribution in [0.3, 0.4) is 0 Å². The first kappa shape index (κ1) is 18.7. The predicted molar refractivity (Wildman–Crippen MR) is 98.7 cm³/mol. The van der Waals surface area contributed by atoms with Gasteiger partial charge in [-0.15, -0.1) is 0 Å². The quantitative estimate of drug-likeness (QED) is 0.674. The third kappa shape index (κ3) is 4.95. The Morgan fingerprint density at radius 3 is 2.75 bits per heavy atom. The molecular formula is C17H25BrN4O2. The fourth-order valence-electron chi connectivity index (χ4n) is 2.67. The third-order valence-corrected chi connectivity index (χ3v) is 4.86. The molecule has 1 fully saturated rings. The van der Waals surface area contributed by atoms with E-state index in [9.17, 15) is 9.59 Å². The van der Waals surface area contributed by atoms with Crippen LogP contribution in [0.4, 0.5) is 5.69 Å². The first-order valence-electron chi connectivity index (χ1n) is 8.20. The molecule has 1 aliphatic rings. The van der Waals surface area contributed by atoms with Gasteiger partial charge in [-0.1, -0.05) is 26.0 Å². The van der Waals surface area contributed by atoms with Crippen LogP contribution >= 0.6 is 15.9 Å². The van der Waals surface area contributed by atoms with Gasteiger partial charge in [0.1, 0.15) is 0 Å². The number of para-hydroxylation sites is 1. The number of rotatable bonds is 6. The van der Waals surface area contributed by atoms with Gasteiger partial charge in [-0.05, 0) is 40.4 Å². The van der Waals surface area contributed by atoms with E-state index in [0.717, 1.165) is 29.7 Å². The molecule has 2 rings (SSSR count). The van der Waals surface area contributed by atoms with Crippen LogP contribution in [0.25, 0.3) is 0 Å². The summed E-state index contributed by atoms with van der Waals surface area (Å²) in [6, 6.07) is 7.54. The zero-order valence-corrected chi connectivity index (χ0v) is 15.7. The molecule has 4 N–H and O–H groups in total. The topological polar surface area (TPSA) is 87.5 Å². The maximum atomic E-state index is 12.0. The van der Waals surface area contributed by atoms with Crippen LogP contribution in [0.1, 0.15) is 20.3 Å². The molecule has 1 aromatic carbocycles. The van der Waals surface area contributed by atoms with Crippen molar-refractivity contribution in [2.24, 2.45) is 11.7 Å². The van der Waals surface area contributed by atoms with Crippen molar-refractivity contribution in [2.75, 3.05) is 24.5 Å². The lowest BCUT2D eigenvalue weighted by atomic mass is 10.1. The van der Waals surface area contributed by atoms with Gasteiger partial charge in [-0.3, -0.25) is 9.59 Å². The first-order chi connectivity index (χ1) is 11.4. The van der Waals surface area contributed by atoms with Crippen LogP contribution in [0.5, 0.6) is 0 Å². The van der Waals surface area contributed by atoms with E-state index >= 15 is 0 Å². The average Bonchev–Trinajstić information content (AvgIpc) is 3.00. The van der Waals surface area contributed by atoms with E-state index in [0.29, 0.717) is 0 Å². The lowest BCUT2D eigenvalue weighted by molar-refractivity contribution is -0.127. The van der Waals surface area contributed by atoms with E-state index in [1.807, 2.05) is 32.0 Å². The minimum absolute atomic E-state index is 0.0369. The van der Waals surface area contributed by atoms with Gasteiger partial charge in [0.05, 0.1) is 18.3 Å². The summed E-state index contributed by atoms with van der Waals surface area (Å²) in [6.07, 6.45) is 0.881. The number of nitrogens with zero attached hydrogens (tertiary/aromatic N) is 1. The van der Waals surface area contributed by atoms with Gasteiger partial charge in [0.15, 0.2) is 0 Å². The molecule has 0 bridgehead atoms. The highest BCUT2D eigenvalue weighted by atomic mass is 79.9. The Hall–Kier alpha value is -1.60. The number of nitrogens with two attached hydrogens (primary N) is 1. The molecule has 24 heavy (non-hydrogen) atoms. The summed E-state index contributed by atoms with van der Waals surface area (Å²) in [5, 5.41) is 5.56. The monoisotopic (exact) mass is 396 g/mol. The molecular weight excluding hydrogens is 372 g/mol. The summed E-state index contributed by atoms with van der Waals surface area (Å²) >= 11 is 3.55. The molecule has 2 atom stereocenters. The van der Waals surface area contributed by atoms with E-state index < -0.39 is 6.04 Å². The third-order valence-electron chi connectivity index (χ3n) is 4.19. The second-order valence-electron chi connectivity index (χ2n) is 6.44. The number of amides is 2. The summed E-state index contributed by atoms with van der Waals surface area (Å²) in [4.78, 5) is 26.0. The Labute approximate surface area is 151 Å². The minimum Gasteiger partial charge on any atom is -0.368 e. The van der Waals surface area contributed by atoms with E-state index in [-0.39, 0.29) is 30.3 Å². The van der Waals surface area contributed by atoms with Gasteiger partial charge in [0.2, 0.25) is 11.8 Å². The summed E-state index contributed by atoms with van der Waals surface area (Å²) in [7, 11) is 0. The second-order valence-corrected chi connectivity index (χ2v) is 7.29. The fraction of sp³-hybridized carbons (Fsp3) is 0.529. The molecule has 7 heteroatoms. The van der Waals surface area contributed by atoms with Crippen molar-refractivity contribution in [1.29, 1.82) is 0 Å². The van der Waals surface area contributed by atoms with E-state index in [4.69, 9.17) is 5.73 Å². The Balaban J connectivity index is 1.78. The van der Waals surface area contributed by atoms with Crippen molar-refractivity contribution in [3.63, 3.8) is 0 Å². The SMILES string of the molecule is CC(C)[C@H](N)C(=O)NCC(=O)NC1CCN(c2ccccc2Br)C1. The lowest BCUT2D eigenvalue weighted by Crippen LogP contribution is -2.48. The summed E-state index contributed by atoms with van der Waals surface area (Å²) in [5.41, 5.74) is 6.88. The van der Waals surface area contributed by atoms with Gasteiger partial charge in [0, 0.05) is 23.6 Å². The standard InChI is InChI=1S/C17H25BrN4O2/c1-11(2)16(19)17(24)20-9-15(23)21-12-7-8-22(10-12)14-6-4-3-5-13(14)18/h3-6,11-12,16H,7-10,19H2,1-2H3,(H,20,24)(H,21,23)/t12?,16-/m0/s1. The maximum absolute atomic E-state index is 12.0.